The lowest BCUT2D eigenvalue weighted by molar-refractivity contribution is -0.763. The summed E-state index contributed by atoms with van der Waals surface area (Å²) in [6.45, 7) is -0.218. The number of alkyl halides is 5. The van der Waals surface area contributed by atoms with E-state index in [1.54, 1.807) is 24.3 Å². The van der Waals surface area contributed by atoms with Gasteiger partial charge in [0.15, 0.2) is 5.82 Å². The van der Waals surface area contributed by atoms with E-state index in [0.29, 0.717) is 23.3 Å². The van der Waals surface area contributed by atoms with Gasteiger partial charge in [0.2, 0.25) is 0 Å². The van der Waals surface area contributed by atoms with Gasteiger partial charge in [0, 0.05) is 11.1 Å². The van der Waals surface area contributed by atoms with Crippen LogP contribution in [0.4, 0.5) is 22.0 Å². The molecule has 0 aliphatic carbocycles. The van der Waals surface area contributed by atoms with Crippen molar-refractivity contribution in [3.63, 3.8) is 0 Å². The minimum absolute atomic E-state index is 0.218. The maximum atomic E-state index is 13.3. The Morgan fingerprint density at radius 2 is 1.62 bits per heavy atom. The molecule has 3 aromatic rings. The van der Waals surface area contributed by atoms with Gasteiger partial charge in [0.1, 0.15) is 12.9 Å². The maximum absolute atomic E-state index is 13.3. The van der Waals surface area contributed by atoms with Crippen LogP contribution in [-0.4, -0.2) is 26.0 Å². The fourth-order valence-corrected chi connectivity index (χ4v) is 2.38. The first-order chi connectivity index (χ1) is 13.6. The fourth-order valence-electron chi connectivity index (χ4n) is 2.38. The van der Waals surface area contributed by atoms with Gasteiger partial charge < -0.3 is 4.84 Å². The average Bonchev–Trinajstić information content (AvgIpc) is 3.16. The van der Waals surface area contributed by atoms with Crippen molar-refractivity contribution in [3.05, 3.63) is 76.1 Å². The van der Waals surface area contributed by atoms with E-state index < -0.39 is 22.7 Å². The number of halogens is 5. The van der Waals surface area contributed by atoms with Crippen LogP contribution in [0.15, 0.2) is 54.9 Å². The van der Waals surface area contributed by atoms with Crippen LogP contribution in [0.25, 0.3) is 17.1 Å². The monoisotopic (exact) mass is 414 g/mol. The van der Waals surface area contributed by atoms with Crippen LogP contribution in [0.1, 0.15) is 11.1 Å². The predicted molar refractivity (Wildman–Crippen MR) is 88.5 cm³/mol. The summed E-state index contributed by atoms with van der Waals surface area (Å²) in [6, 6.07) is 9.86. The second-order valence-corrected chi connectivity index (χ2v) is 5.83. The van der Waals surface area contributed by atoms with E-state index in [1.807, 2.05) is 0 Å². The standard InChI is InChI=1S/C17H11F5N4O3/c18-16(19,17(20,21)22)13-5-7-14(8-6-13)25-10-23-15(24-25)12-3-1-11(2-4-12)9-29-26(27)28/h1-8,10H,9H2. The smallest absolute Gasteiger partial charge is 0.309 e. The normalized spacial score (nSPS) is 12.0. The summed E-state index contributed by atoms with van der Waals surface area (Å²) in [5, 5.41) is 13.4. The first kappa shape index (κ1) is 20.2. The summed E-state index contributed by atoms with van der Waals surface area (Å²) < 4.78 is 65.2. The molecule has 2 aromatic carbocycles. The Labute approximate surface area is 159 Å². The Morgan fingerprint density at radius 3 is 2.17 bits per heavy atom. The van der Waals surface area contributed by atoms with E-state index in [9.17, 15) is 32.1 Å². The van der Waals surface area contributed by atoms with E-state index in [4.69, 9.17) is 0 Å². The zero-order valence-corrected chi connectivity index (χ0v) is 14.3. The SMILES string of the molecule is O=[N+]([O-])OCc1ccc(-c2ncn(-c3ccc(C(F)(F)C(F)(F)F)cc3)n2)cc1. The molecule has 0 fully saturated rings. The molecule has 12 heteroatoms. The summed E-state index contributed by atoms with van der Waals surface area (Å²) >= 11 is 0. The molecule has 152 valence electrons. The highest BCUT2D eigenvalue weighted by Crippen LogP contribution is 2.43. The highest BCUT2D eigenvalue weighted by molar-refractivity contribution is 5.55. The molecule has 0 bridgehead atoms. The third-order valence-electron chi connectivity index (χ3n) is 3.89. The van der Waals surface area contributed by atoms with Gasteiger partial charge in [-0.25, -0.2) is 9.67 Å². The highest BCUT2D eigenvalue weighted by atomic mass is 19.4. The number of aromatic nitrogens is 3. The van der Waals surface area contributed by atoms with Crippen LogP contribution in [0.2, 0.25) is 0 Å². The van der Waals surface area contributed by atoms with Crippen molar-refractivity contribution in [1.82, 2.24) is 14.8 Å². The Bertz CT molecular complexity index is 1000. The second kappa shape index (κ2) is 7.45. The molecule has 0 saturated heterocycles. The third kappa shape index (κ3) is 4.31. The molecule has 0 aliphatic rings. The molecule has 0 N–H and O–H groups in total. The summed E-state index contributed by atoms with van der Waals surface area (Å²) in [4.78, 5) is 18.5. The largest absolute Gasteiger partial charge is 0.458 e. The van der Waals surface area contributed by atoms with Crippen molar-refractivity contribution in [1.29, 1.82) is 0 Å². The van der Waals surface area contributed by atoms with E-state index in [1.165, 1.54) is 11.0 Å². The number of hydrogen-bond donors (Lipinski definition) is 0. The molecular weight excluding hydrogens is 403 g/mol. The molecule has 0 amide bonds. The van der Waals surface area contributed by atoms with E-state index in [0.717, 1.165) is 12.1 Å². The van der Waals surface area contributed by atoms with Gasteiger partial charge >= 0.3 is 12.1 Å². The molecule has 0 saturated carbocycles. The Balaban J connectivity index is 1.77. The zero-order chi connectivity index (χ0) is 21.2. The zero-order valence-electron chi connectivity index (χ0n) is 14.3. The van der Waals surface area contributed by atoms with Crippen LogP contribution >= 0.6 is 0 Å². The third-order valence-corrected chi connectivity index (χ3v) is 3.89. The molecule has 0 spiro atoms. The molecule has 0 radical (unpaired) electrons. The fraction of sp³-hybridized carbons (Fsp3) is 0.176. The first-order valence-electron chi connectivity index (χ1n) is 7.91. The van der Waals surface area contributed by atoms with Crippen LogP contribution < -0.4 is 0 Å². The number of benzene rings is 2. The predicted octanol–water partition coefficient (Wildman–Crippen LogP) is 4.30. The first-order valence-corrected chi connectivity index (χ1v) is 7.91. The van der Waals surface area contributed by atoms with Gasteiger partial charge in [0.05, 0.1) is 5.69 Å². The lowest BCUT2D eigenvalue weighted by Crippen LogP contribution is -2.33. The van der Waals surface area contributed by atoms with Crippen LogP contribution in [0.3, 0.4) is 0 Å². The highest BCUT2D eigenvalue weighted by Gasteiger charge is 2.58. The molecule has 0 aliphatic heterocycles. The number of nitrogens with zero attached hydrogens (tertiary/aromatic N) is 4. The summed E-state index contributed by atoms with van der Waals surface area (Å²) in [6.07, 6.45) is -4.41. The Morgan fingerprint density at radius 1 is 1.00 bits per heavy atom. The summed E-state index contributed by atoms with van der Waals surface area (Å²) in [5.41, 5.74) is 0.169. The van der Waals surface area contributed by atoms with Crippen molar-refractivity contribution in [2.24, 2.45) is 0 Å². The van der Waals surface area contributed by atoms with Crippen molar-refractivity contribution in [2.75, 3.05) is 0 Å². The Hall–Kier alpha value is -3.57. The lowest BCUT2D eigenvalue weighted by Gasteiger charge is -2.19. The molecule has 29 heavy (non-hydrogen) atoms. The van der Waals surface area contributed by atoms with Crippen LogP contribution in [-0.2, 0) is 17.4 Å². The van der Waals surface area contributed by atoms with E-state index in [-0.39, 0.29) is 18.1 Å². The van der Waals surface area contributed by atoms with E-state index in [2.05, 4.69) is 14.9 Å². The van der Waals surface area contributed by atoms with Gasteiger partial charge in [0.25, 0.3) is 5.09 Å². The second-order valence-electron chi connectivity index (χ2n) is 5.83. The minimum atomic E-state index is -5.69. The van der Waals surface area contributed by atoms with Crippen LogP contribution in [0, 0.1) is 10.1 Å². The summed E-state index contributed by atoms with van der Waals surface area (Å²) in [7, 11) is 0. The quantitative estimate of drug-likeness (QED) is 0.341. The van der Waals surface area contributed by atoms with Crippen molar-refractivity contribution in [2.45, 2.75) is 18.7 Å². The van der Waals surface area contributed by atoms with Crippen LogP contribution in [0.5, 0.6) is 0 Å². The number of rotatable bonds is 6. The Kier molecular flexibility index (Phi) is 5.18. The van der Waals surface area contributed by atoms with Crippen molar-refractivity contribution in [3.8, 4) is 17.1 Å². The molecule has 1 heterocycles. The topological polar surface area (TPSA) is 83.1 Å². The molecule has 0 atom stereocenters. The van der Waals surface area contributed by atoms with Gasteiger partial charge in [-0.1, -0.05) is 36.4 Å². The molecule has 1 aromatic heterocycles. The van der Waals surface area contributed by atoms with Crippen molar-refractivity contribution < 1.29 is 31.9 Å². The minimum Gasteiger partial charge on any atom is -0.309 e. The number of hydrogen-bond acceptors (Lipinski definition) is 5. The van der Waals surface area contributed by atoms with Gasteiger partial charge in [-0.2, -0.15) is 22.0 Å². The van der Waals surface area contributed by atoms with E-state index >= 15 is 0 Å². The van der Waals surface area contributed by atoms with Gasteiger partial charge in [-0.15, -0.1) is 15.2 Å². The maximum Gasteiger partial charge on any atom is 0.458 e. The molecule has 0 unspecified atom stereocenters. The molecule has 3 rings (SSSR count). The van der Waals surface area contributed by atoms with Crippen molar-refractivity contribution >= 4 is 0 Å². The summed E-state index contributed by atoms with van der Waals surface area (Å²) in [5.74, 6) is -4.70. The molecular formula is C17H11F5N4O3. The lowest BCUT2D eigenvalue weighted by atomic mass is 10.1. The average molecular weight is 414 g/mol. The van der Waals surface area contributed by atoms with Gasteiger partial charge in [-0.3, -0.25) is 0 Å². The van der Waals surface area contributed by atoms with Gasteiger partial charge in [-0.05, 0) is 17.7 Å². The molecule has 7 nitrogen and oxygen atoms in total.